The summed E-state index contributed by atoms with van der Waals surface area (Å²) < 4.78 is 5.23. The van der Waals surface area contributed by atoms with E-state index in [1.807, 2.05) is 0 Å². The molecule has 6 nitrogen and oxygen atoms in total. The highest BCUT2D eigenvalue weighted by Crippen LogP contribution is 2.38. The molecule has 0 bridgehead atoms. The zero-order valence-electron chi connectivity index (χ0n) is 13.5. The molecule has 2 amide bonds. The van der Waals surface area contributed by atoms with Crippen molar-refractivity contribution in [3.05, 3.63) is 0 Å². The van der Waals surface area contributed by atoms with E-state index < -0.39 is 11.9 Å². The predicted octanol–water partition coefficient (Wildman–Crippen LogP) is 2.09. The summed E-state index contributed by atoms with van der Waals surface area (Å²) >= 11 is 0. The summed E-state index contributed by atoms with van der Waals surface area (Å²) in [6, 6.07) is -0.119. The van der Waals surface area contributed by atoms with E-state index in [1.54, 1.807) is 12.0 Å². The first-order chi connectivity index (χ1) is 10.6. The number of hydrogen-bond acceptors (Lipinski definition) is 3. The molecule has 126 valence electrons. The van der Waals surface area contributed by atoms with Gasteiger partial charge >= 0.3 is 12.0 Å². The van der Waals surface area contributed by atoms with Crippen molar-refractivity contribution in [2.75, 3.05) is 33.4 Å². The van der Waals surface area contributed by atoms with Crippen molar-refractivity contribution < 1.29 is 19.4 Å². The summed E-state index contributed by atoms with van der Waals surface area (Å²) in [4.78, 5) is 24.9. The van der Waals surface area contributed by atoms with Gasteiger partial charge in [-0.05, 0) is 31.1 Å². The van der Waals surface area contributed by atoms with E-state index in [9.17, 15) is 9.59 Å². The molecule has 0 radical (unpaired) electrons. The van der Waals surface area contributed by atoms with Crippen LogP contribution in [0.3, 0.4) is 0 Å². The predicted molar refractivity (Wildman–Crippen MR) is 82.7 cm³/mol. The number of nitrogens with one attached hydrogen (secondary N) is 1. The molecular weight excluding hydrogens is 284 g/mol. The van der Waals surface area contributed by atoms with E-state index >= 15 is 0 Å². The lowest BCUT2D eigenvalue weighted by molar-refractivity contribution is -0.141. The summed E-state index contributed by atoms with van der Waals surface area (Å²) in [5.41, 5.74) is 0.149. The van der Waals surface area contributed by atoms with Gasteiger partial charge in [-0.15, -0.1) is 0 Å². The third-order valence-electron chi connectivity index (χ3n) is 5.19. The maximum atomic E-state index is 12.3. The van der Waals surface area contributed by atoms with E-state index in [0.717, 1.165) is 25.9 Å². The van der Waals surface area contributed by atoms with Crippen molar-refractivity contribution in [1.82, 2.24) is 10.2 Å². The molecule has 22 heavy (non-hydrogen) atoms. The van der Waals surface area contributed by atoms with Gasteiger partial charge in [-0.2, -0.15) is 0 Å². The number of carbonyl (C=O) groups is 2. The molecule has 6 heteroatoms. The van der Waals surface area contributed by atoms with E-state index in [2.05, 4.69) is 5.32 Å². The average Bonchev–Trinajstić information content (AvgIpc) is 3.02. The van der Waals surface area contributed by atoms with Crippen LogP contribution in [-0.2, 0) is 9.53 Å². The van der Waals surface area contributed by atoms with Gasteiger partial charge in [0.1, 0.15) is 0 Å². The number of amides is 2. The number of rotatable bonds is 6. The Labute approximate surface area is 132 Å². The van der Waals surface area contributed by atoms with Crippen LogP contribution in [0.2, 0.25) is 0 Å². The van der Waals surface area contributed by atoms with Crippen LogP contribution in [0, 0.1) is 11.3 Å². The van der Waals surface area contributed by atoms with Crippen LogP contribution in [-0.4, -0.2) is 55.4 Å². The number of aliphatic carboxylic acids is 1. The Morgan fingerprint density at radius 1 is 1.32 bits per heavy atom. The second kappa shape index (κ2) is 7.81. The lowest BCUT2D eigenvalue weighted by atomic mass is 9.72. The van der Waals surface area contributed by atoms with Crippen molar-refractivity contribution >= 4 is 12.0 Å². The first-order valence-corrected chi connectivity index (χ1v) is 8.31. The van der Waals surface area contributed by atoms with Crippen molar-refractivity contribution in [3.8, 4) is 0 Å². The van der Waals surface area contributed by atoms with Gasteiger partial charge < -0.3 is 20.1 Å². The highest BCUT2D eigenvalue weighted by molar-refractivity contribution is 5.77. The maximum Gasteiger partial charge on any atom is 0.317 e. The molecule has 1 saturated heterocycles. The van der Waals surface area contributed by atoms with Crippen LogP contribution in [0.1, 0.15) is 44.9 Å². The van der Waals surface area contributed by atoms with Gasteiger partial charge in [-0.25, -0.2) is 4.79 Å². The Morgan fingerprint density at radius 2 is 2.05 bits per heavy atom. The first kappa shape index (κ1) is 17.1. The van der Waals surface area contributed by atoms with Gasteiger partial charge in [0.2, 0.25) is 0 Å². The molecular formula is C16H28N2O4. The van der Waals surface area contributed by atoms with Crippen molar-refractivity contribution in [2.45, 2.75) is 44.9 Å². The Hall–Kier alpha value is -1.30. The second-order valence-electron chi connectivity index (χ2n) is 6.73. The molecule has 1 aliphatic heterocycles. The van der Waals surface area contributed by atoms with Gasteiger partial charge in [0.05, 0.1) is 5.92 Å². The highest BCUT2D eigenvalue weighted by Gasteiger charge is 2.34. The minimum absolute atomic E-state index is 0.119. The number of ether oxygens (including phenoxy) is 1. The minimum Gasteiger partial charge on any atom is -0.481 e. The molecule has 1 unspecified atom stereocenters. The maximum absolute atomic E-state index is 12.3. The molecule has 1 aliphatic carbocycles. The summed E-state index contributed by atoms with van der Waals surface area (Å²) in [6.07, 6.45) is 7.49. The molecule has 2 fully saturated rings. The third kappa shape index (κ3) is 4.35. The van der Waals surface area contributed by atoms with Crippen molar-refractivity contribution in [1.29, 1.82) is 0 Å². The second-order valence-corrected chi connectivity index (χ2v) is 6.73. The molecule has 0 aromatic carbocycles. The van der Waals surface area contributed by atoms with Crippen LogP contribution in [0.25, 0.3) is 0 Å². The molecule has 2 rings (SSSR count). The van der Waals surface area contributed by atoms with E-state index in [1.165, 1.54) is 19.3 Å². The van der Waals surface area contributed by atoms with Crippen LogP contribution in [0.4, 0.5) is 4.79 Å². The fourth-order valence-electron chi connectivity index (χ4n) is 3.66. The van der Waals surface area contributed by atoms with Crippen molar-refractivity contribution in [2.24, 2.45) is 11.3 Å². The number of likely N-dealkylation sites (tertiary alicyclic amines) is 1. The molecule has 0 aromatic rings. The molecule has 1 saturated carbocycles. The number of methoxy groups -OCH3 is 1. The molecule has 0 spiro atoms. The number of urea groups is 1. The Kier molecular flexibility index (Phi) is 6.06. The number of carboxylic acids is 1. The van der Waals surface area contributed by atoms with Crippen LogP contribution in [0.15, 0.2) is 0 Å². The summed E-state index contributed by atoms with van der Waals surface area (Å²) in [7, 11) is 1.71. The van der Waals surface area contributed by atoms with Crippen LogP contribution < -0.4 is 5.32 Å². The largest absolute Gasteiger partial charge is 0.481 e. The Bertz CT molecular complexity index is 394. The summed E-state index contributed by atoms with van der Waals surface area (Å²) in [5.74, 6) is -1.22. The molecule has 0 aromatic heterocycles. The molecule has 2 aliphatic rings. The van der Waals surface area contributed by atoms with Crippen LogP contribution in [0.5, 0.6) is 0 Å². The van der Waals surface area contributed by atoms with Gasteiger partial charge in [0.25, 0.3) is 0 Å². The number of nitrogens with zero attached hydrogens (tertiary/aromatic N) is 1. The zero-order chi connectivity index (χ0) is 16.0. The fraction of sp³-hybridized carbons (Fsp3) is 0.875. The summed E-state index contributed by atoms with van der Waals surface area (Å²) in [5, 5.41) is 12.1. The number of hydrogen-bond donors (Lipinski definition) is 2. The standard InChI is InChI=1S/C16H28N2O4/c1-22-10-8-16(6-3-2-4-7-16)12-17-15(21)18-9-5-13(11-18)14(19)20/h13H,2-12H2,1H3,(H,17,21)(H,19,20). The van der Waals surface area contributed by atoms with E-state index in [4.69, 9.17) is 9.84 Å². The lowest BCUT2D eigenvalue weighted by Crippen LogP contribution is -2.45. The molecule has 1 heterocycles. The Morgan fingerprint density at radius 3 is 2.64 bits per heavy atom. The van der Waals surface area contributed by atoms with Crippen molar-refractivity contribution in [3.63, 3.8) is 0 Å². The van der Waals surface area contributed by atoms with Crippen LogP contribution >= 0.6 is 0 Å². The zero-order valence-corrected chi connectivity index (χ0v) is 13.5. The van der Waals surface area contributed by atoms with E-state index in [-0.39, 0.29) is 11.4 Å². The van der Waals surface area contributed by atoms with Gasteiger partial charge in [0.15, 0.2) is 0 Å². The number of carboxylic acid groups (broad SMARTS) is 1. The molecule has 2 N–H and O–H groups in total. The topological polar surface area (TPSA) is 78.9 Å². The SMILES string of the molecule is COCCC1(CNC(=O)N2CCC(C(=O)O)C2)CCCCC1. The van der Waals surface area contributed by atoms with E-state index in [0.29, 0.717) is 26.1 Å². The highest BCUT2D eigenvalue weighted by atomic mass is 16.5. The van der Waals surface area contributed by atoms with Gasteiger partial charge in [0, 0.05) is 33.4 Å². The minimum atomic E-state index is -0.806. The normalized spacial score (nSPS) is 24.2. The number of carbonyl (C=O) groups excluding carboxylic acids is 1. The summed E-state index contributed by atoms with van der Waals surface area (Å²) in [6.45, 7) is 2.25. The molecule has 1 atom stereocenters. The average molecular weight is 312 g/mol. The Balaban J connectivity index is 1.83. The quantitative estimate of drug-likeness (QED) is 0.787. The third-order valence-corrected chi connectivity index (χ3v) is 5.19. The smallest absolute Gasteiger partial charge is 0.317 e. The lowest BCUT2D eigenvalue weighted by Gasteiger charge is -2.37. The monoisotopic (exact) mass is 312 g/mol. The van der Waals surface area contributed by atoms with Gasteiger partial charge in [-0.3, -0.25) is 4.79 Å². The van der Waals surface area contributed by atoms with Gasteiger partial charge in [-0.1, -0.05) is 19.3 Å². The fourth-order valence-corrected chi connectivity index (χ4v) is 3.66. The first-order valence-electron chi connectivity index (χ1n) is 8.31.